The summed E-state index contributed by atoms with van der Waals surface area (Å²) >= 11 is 6.23. The molecular formula is C22H21ClN4O3. The van der Waals surface area contributed by atoms with Gasteiger partial charge in [-0.1, -0.05) is 41.9 Å². The Morgan fingerprint density at radius 1 is 1.13 bits per heavy atom. The third kappa shape index (κ3) is 3.93. The maximum atomic E-state index is 13.2. The summed E-state index contributed by atoms with van der Waals surface area (Å²) < 4.78 is 2.11. The number of aromatic nitrogens is 3. The van der Waals surface area contributed by atoms with Gasteiger partial charge >= 0.3 is 5.69 Å². The first-order valence-electron chi connectivity index (χ1n) is 9.71. The first-order valence-corrected chi connectivity index (χ1v) is 10.1. The standard InChI is InChI=1S/C22H21ClN4O3/c1-13-5-3-4-6-15(13)12-26-21(29)19(20(28)24-16-8-9-16)25-27(22(26)30)17-10-7-14(2)18(23)11-17/h3-7,10-11,16H,8-9,12H2,1-2H3,(H,24,28). The largest absolute Gasteiger partial charge is 0.352 e. The normalized spacial score (nSPS) is 13.3. The summed E-state index contributed by atoms with van der Waals surface area (Å²) in [6, 6.07) is 12.6. The van der Waals surface area contributed by atoms with Crippen LogP contribution in [0.1, 0.15) is 40.0 Å². The van der Waals surface area contributed by atoms with Crippen LogP contribution in [0.15, 0.2) is 52.1 Å². The average Bonchev–Trinajstić information content (AvgIpc) is 3.53. The van der Waals surface area contributed by atoms with Crippen LogP contribution in [0.4, 0.5) is 0 Å². The number of rotatable bonds is 5. The van der Waals surface area contributed by atoms with E-state index >= 15 is 0 Å². The number of hydrogen-bond acceptors (Lipinski definition) is 4. The van der Waals surface area contributed by atoms with Gasteiger partial charge in [-0.15, -0.1) is 0 Å². The van der Waals surface area contributed by atoms with Crippen LogP contribution in [0.3, 0.4) is 0 Å². The number of carbonyl (C=O) groups is 1. The smallest absolute Gasteiger partial charge is 0.348 e. The molecule has 4 rings (SSSR count). The highest BCUT2D eigenvalue weighted by atomic mass is 35.5. The predicted octanol–water partition coefficient (Wildman–Crippen LogP) is 2.60. The van der Waals surface area contributed by atoms with Crippen LogP contribution < -0.4 is 16.6 Å². The molecule has 0 unspecified atom stereocenters. The maximum absolute atomic E-state index is 13.2. The Morgan fingerprint density at radius 3 is 2.53 bits per heavy atom. The van der Waals surface area contributed by atoms with E-state index in [4.69, 9.17) is 11.6 Å². The van der Waals surface area contributed by atoms with Gasteiger partial charge in [-0.05, 0) is 55.5 Å². The summed E-state index contributed by atoms with van der Waals surface area (Å²) in [6.45, 7) is 3.78. The third-order valence-electron chi connectivity index (χ3n) is 5.18. The van der Waals surface area contributed by atoms with Crippen LogP contribution in [-0.4, -0.2) is 26.3 Å². The molecule has 30 heavy (non-hydrogen) atoms. The second kappa shape index (κ2) is 7.91. The Bertz CT molecular complexity index is 1260. The summed E-state index contributed by atoms with van der Waals surface area (Å²) in [5.74, 6) is -0.576. The van der Waals surface area contributed by atoms with E-state index in [9.17, 15) is 14.4 Å². The van der Waals surface area contributed by atoms with E-state index in [1.165, 1.54) is 0 Å². The predicted molar refractivity (Wildman–Crippen MR) is 115 cm³/mol. The molecule has 7 nitrogen and oxygen atoms in total. The van der Waals surface area contributed by atoms with Gasteiger partial charge in [0.05, 0.1) is 12.2 Å². The molecule has 8 heteroatoms. The van der Waals surface area contributed by atoms with Gasteiger partial charge in [0.1, 0.15) is 0 Å². The number of benzene rings is 2. The Hall–Kier alpha value is -3.19. The van der Waals surface area contributed by atoms with E-state index in [0.717, 1.165) is 38.8 Å². The molecule has 1 aromatic heterocycles. The lowest BCUT2D eigenvalue weighted by Crippen LogP contribution is -2.46. The van der Waals surface area contributed by atoms with Crippen molar-refractivity contribution in [1.29, 1.82) is 0 Å². The number of aryl methyl sites for hydroxylation is 2. The molecule has 0 radical (unpaired) electrons. The minimum absolute atomic E-state index is 0.0379. The average molecular weight is 425 g/mol. The Morgan fingerprint density at radius 2 is 1.87 bits per heavy atom. The Labute approximate surface area is 177 Å². The number of nitrogens with zero attached hydrogens (tertiary/aromatic N) is 3. The lowest BCUT2D eigenvalue weighted by Gasteiger charge is -2.13. The van der Waals surface area contributed by atoms with Crippen molar-refractivity contribution in [3.8, 4) is 5.69 Å². The Balaban J connectivity index is 1.90. The molecule has 1 N–H and O–H groups in total. The zero-order chi connectivity index (χ0) is 21.4. The summed E-state index contributed by atoms with van der Waals surface area (Å²) in [5, 5.41) is 7.35. The van der Waals surface area contributed by atoms with Crippen LogP contribution in [0.5, 0.6) is 0 Å². The zero-order valence-electron chi connectivity index (χ0n) is 16.7. The van der Waals surface area contributed by atoms with Gasteiger partial charge in [0.2, 0.25) is 5.69 Å². The van der Waals surface area contributed by atoms with Crippen LogP contribution in [0, 0.1) is 13.8 Å². The number of nitrogens with one attached hydrogen (secondary N) is 1. The minimum Gasteiger partial charge on any atom is -0.348 e. The molecule has 0 aliphatic heterocycles. The van der Waals surface area contributed by atoms with Crippen molar-refractivity contribution in [3.05, 3.63) is 90.7 Å². The molecule has 154 valence electrons. The lowest BCUT2D eigenvalue weighted by molar-refractivity contribution is 0.0941. The minimum atomic E-state index is -0.712. The monoisotopic (exact) mass is 424 g/mol. The molecule has 1 amide bonds. The van der Waals surface area contributed by atoms with E-state index in [2.05, 4.69) is 10.4 Å². The van der Waals surface area contributed by atoms with Crippen LogP contribution in [-0.2, 0) is 6.54 Å². The molecular weight excluding hydrogens is 404 g/mol. The van der Waals surface area contributed by atoms with Crippen LogP contribution in [0.2, 0.25) is 5.02 Å². The topological polar surface area (TPSA) is 86.0 Å². The molecule has 0 saturated heterocycles. The first kappa shape index (κ1) is 20.1. The van der Waals surface area contributed by atoms with Gasteiger partial charge < -0.3 is 5.32 Å². The second-order valence-electron chi connectivity index (χ2n) is 7.54. The summed E-state index contributed by atoms with van der Waals surface area (Å²) in [5.41, 5.74) is 1.32. The van der Waals surface area contributed by atoms with Gasteiger partial charge in [0.25, 0.3) is 11.5 Å². The van der Waals surface area contributed by atoms with E-state index < -0.39 is 17.2 Å². The van der Waals surface area contributed by atoms with Gasteiger partial charge in [0, 0.05) is 11.1 Å². The molecule has 1 aliphatic rings. The SMILES string of the molecule is Cc1ccc(-n2nc(C(=O)NC3CC3)c(=O)n(Cc3ccccc3C)c2=O)cc1Cl. The molecule has 3 aromatic rings. The molecule has 0 spiro atoms. The van der Waals surface area contributed by atoms with Crippen molar-refractivity contribution in [3.63, 3.8) is 0 Å². The van der Waals surface area contributed by atoms with Crippen molar-refractivity contribution in [2.24, 2.45) is 0 Å². The Kier molecular flexibility index (Phi) is 5.30. The fourth-order valence-corrected chi connectivity index (χ4v) is 3.29. The highest BCUT2D eigenvalue weighted by molar-refractivity contribution is 6.31. The molecule has 1 aliphatic carbocycles. The van der Waals surface area contributed by atoms with Crippen LogP contribution in [0.25, 0.3) is 5.69 Å². The molecule has 0 atom stereocenters. The van der Waals surface area contributed by atoms with Gasteiger partial charge in [-0.3, -0.25) is 14.2 Å². The maximum Gasteiger partial charge on any atom is 0.352 e. The number of carbonyl (C=O) groups excluding carboxylic acids is 1. The summed E-state index contributed by atoms with van der Waals surface area (Å²) in [4.78, 5) is 38.9. The zero-order valence-corrected chi connectivity index (χ0v) is 17.4. The van der Waals surface area contributed by atoms with Crippen LogP contribution >= 0.6 is 11.6 Å². The molecule has 1 saturated carbocycles. The number of hydrogen-bond donors (Lipinski definition) is 1. The van der Waals surface area contributed by atoms with E-state index in [1.807, 2.05) is 38.1 Å². The third-order valence-corrected chi connectivity index (χ3v) is 5.58. The fraction of sp³-hybridized carbons (Fsp3) is 0.273. The number of halogens is 1. The molecule has 1 fully saturated rings. The van der Waals surface area contributed by atoms with Gasteiger partial charge in [-0.25, -0.2) is 4.79 Å². The number of amides is 1. The highest BCUT2D eigenvalue weighted by Crippen LogP contribution is 2.19. The van der Waals surface area contributed by atoms with Crippen molar-refractivity contribution in [2.75, 3.05) is 0 Å². The van der Waals surface area contributed by atoms with Crippen molar-refractivity contribution >= 4 is 17.5 Å². The molecule has 2 aromatic carbocycles. The summed E-state index contributed by atoms with van der Waals surface area (Å²) in [7, 11) is 0. The summed E-state index contributed by atoms with van der Waals surface area (Å²) in [6.07, 6.45) is 1.74. The second-order valence-corrected chi connectivity index (χ2v) is 7.95. The first-order chi connectivity index (χ1) is 14.3. The fourth-order valence-electron chi connectivity index (χ4n) is 3.12. The van der Waals surface area contributed by atoms with Crippen molar-refractivity contribution < 1.29 is 4.79 Å². The quantitative estimate of drug-likeness (QED) is 0.682. The van der Waals surface area contributed by atoms with Gasteiger partial charge in [0.15, 0.2) is 0 Å². The van der Waals surface area contributed by atoms with E-state index in [1.54, 1.807) is 18.2 Å². The molecule has 0 bridgehead atoms. The molecule has 1 heterocycles. The van der Waals surface area contributed by atoms with Gasteiger partial charge in [-0.2, -0.15) is 9.78 Å². The van der Waals surface area contributed by atoms with E-state index in [-0.39, 0.29) is 18.3 Å². The lowest BCUT2D eigenvalue weighted by atomic mass is 10.1. The van der Waals surface area contributed by atoms with Crippen molar-refractivity contribution in [2.45, 2.75) is 39.3 Å². The van der Waals surface area contributed by atoms with Crippen molar-refractivity contribution in [1.82, 2.24) is 19.7 Å². The van der Waals surface area contributed by atoms with E-state index in [0.29, 0.717) is 10.7 Å². The highest BCUT2D eigenvalue weighted by Gasteiger charge is 2.27.